The highest BCUT2D eigenvalue weighted by Crippen LogP contribution is 2.43. The Morgan fingerprint density at radius 3 is 1.80 bits per heavy atom. The van der Waals surface area contributed by atoms with E-state index in [2.05, 4.69) is 85.8 Å². The van der Waals surface area contributed by atoms with Gasteiger partial charge < -0.3 is 44.4 Å². The molecule has 2 saturated heterocycles. The number of rotatable bonds is 12. The Morgan fingerprint density at radius 2 is 1.26 bits per heavy atom. The number of ether oxygens (including phenoxy) is 2. The molecule has 5 heterocycles. The number of aromatic amines is 2. The second-order valence-corrected chi connectivity index (χ2v) is 18.5. The lowest BCUT2D eigenvalue weighted by Gasteiger charge is -2.30. The molecule has 0 saturated carbocycles. The number of methoxy groups -OCH3 is 2. The first-order valence-electron chi connectivity index (χ1n) is 23.2. The molecule has 1 aliphatic carbocycles. The molecule has 3 aliphatic rings. The van der Waals surface area contributed by atoms with E-state index in [0.29, 0.717) is 19.6 Å². The van der Waals surface area contributed by atoms with E-state index in [1.165, 1.54) is 47.6 Å². The van der Waals surface area contributed by atoms with Crippen LogP contribution in [-0.4, -0.2) is 97.7 Å². The van der Waals surface area contributed by atoms with E-state index in [9.17, 15) is 19.2 Å². The van der Waals surface area contributed by atoms with Crippen LogP contribution in [0.5, 0.6) is 0 Å². The van der Waals surface area contributed by atoms with E-state index in [1.807, 2.05) is 56.0 Å². The molecule has 0 radical (unpaired) electrons. The van der Waals surface area contributed by atoms with Crippen LogP contribution in [0.1, 0.15) is 93.8 Å². The molecule has 9 rings (SSSR count). The summed E-state index contributed by atoms with van der Waals surface area (Å²) in [4.78, 5) is 72.3. The summed E-state index contributed by atoms with van der Waals surface area (Å²) in [6.07, 6.45) is 7.44. The Bertz CT molecular complexity index is 2770. The van der Waals surface area contributed by atoms with Gasteiger partial charge in [-0.25, -0.2) is 19.6 Å². The average Bonchev–Trinajstić information content (AvgIpc) is 4.19. The maximum atomic E-state index is 13.8. The number of fused-ring (bicyclic) bond motifs is 5. The van der Waals surface area contributed by atoms with E-state index in [0.717, 1.165) is 78.2 Å². The fourth-order valence-corrected chi connectivity index (χ4v) is 10.2. The molecule has 15 heteroatoms. The van der Waals surface area contributed by atoms with Crippen molar-refractivity contribution >= 4 is 34.9 Å². The maximum Gasteiger partial charge on any atom is 0.407 e. The summed E-state index contributed by atoms with van der Waals surface area (Å²) in [5.74, 6) is 0.964. The first-order valence-corrected chi connectivity index (χ1v) is 23.2. The number of nitrogens with one attached hydrogen (secondary N) is 4. The zero-order valence-corrected chi connectivity index (χ0v) is 38.5. The number of hydrogen-bond acceptors (Lipinski definition) is 8. The molecule has 0 bridgehead atoms. The zero-order valence-electron chi connectivity index (χ0n) is 38.5. The molecular weight excluding hydrogens is 835 g/mol. The third-order valence-corrected chi connectivity index (χ3v) is 13.7. The number of nitrogens with zero attached hydrogens (tertiary/aromatic N) is 5. The van der Waals surface area contributed by atoms with Gasteiger partial charge in [-0.05, 0) is 90.8 Å². The van der Waals surface area contributed by atoms with Gasteiger partial charge in [0, 0.05) is 41.7 Å². The van der Waals surface area contributed by atoms with Gasteiger partial charge in [0.05, 0.1) is 55.8 Å². The van der Waals surface area contributed by atoms with E-state index in [-0.39, 0.29) is 35.7 Å². The van der Waals surface area contributed by atoms with Crippen molar-refractivity contribution in [1.82, 2.24) is 44.9 Å². The lowest BCUT2D eigenvalue weighted by atomic mass is 9.87. The van der Waals surface area contributed by atoms with Gasteiger partial charge >= 0.3 is 12.2 Å². The molecule has 6 aromatic rings. The van der Waals surface area contributed by atoms with Crippen LogP contribution in [0.25, 0.3) is 44.7 Å². The maximum absolute atomic E-state index is 13.8. The van der Waals surface area contributed by atoms with E-state index < -0.39 is 24.3 Å². The Labute approximate surface area is 384 Å². The number of aryl methyl sites for hydroxylation is 2. The average molecular weight is 894 g/mol. The summed E-state index contributed by atoms with van der Waals surface area (Å²) < 4.78 is 12.1. The van der Waals surface area contributed by atoms with Crippen LogP contribution in [0, 0.1) is 11.8 Å². The van der Waals surface area contributed by atoms with Crippen molar-refractivity contribution in [1.29, 1.82) is 0 Å². The lowest BCUT2D eigenvalue weighted by Crippen LogP contribution is -2.51. The fraction of sp³-hybridized carbons (Fsp3) is 0.412. The van der Waals surface area contributed by atoms with Gasteiger partial charge in [-0.3, -0.25) is 9.59 Å². The number of alkyl carbamates (subject to hydrolysis) is 2. The van der Waals surface area contributed by atoms with Gasteiger partial charge in [0.25, 0.3) is 0 Å². The summed E-state index contributed by atoms with van der Waals surface area (Å²) in [6, 6.07) is 22.0. The highest BCUT2D eigenvalue weighted by molar-refractivity contribution is 5.96. The van der Waals surface area contributed by atoms with E-state index in [4.69, 9.17) is 19.4 Å². The van der Waals surface area contributed by atoms with Crippen LogP contribution >= 0.6 is 0 Å². The Hall–Kier alpha value is -6.90. The molecular formula is C51H59N9O6. The molecule has 2 aliphatic heterocycles. The predicted octanol–water partition coefficient (Wildman–Crippen LogP) is 8.32. The summed E-state index contributed by atoms with van der Waals surface area (Å²) in [7, 11) is 2.60. The second-order valence-electron chi connectivity index (χ2n) is 18.5. The van der Waals surface area contributed by atoms with Crippen LogP contribution in [0.4, 0.5) is 9.59 Å². The lowest BCUT2D eigenvalue weighted by molar-refractivity contribution is -0.136. The summed E-state index contributed by atoms with van der Waals surface area (Å²) in [5, 5.41) is 6.67. The van der Waals surface area contributed by atoms with Gasteiger partial charge in [0.15, 0.2) is 0 Å². The van der Waals surface area contributed by atoms with Gasteiger partial charge in [0.1, 0.15) is 23.7 Å². The molecule has 1 unspecified atom stereocenters. The smallest absolute Gasteiger partial charge is 0.407 e. The van der Waals surface area contributed by atoms with Crippen LogP contribution < -0.4 is 10.6 Å². The minimum absolute atomic E-state index is 0.115. The normalized spacial score (nSPS) is 17.8. The molecule has 4 atom stereocenters. The Balaban J connectivity index is 1.01. The van der Waals surface area contributed by atoms with Crippen LogP contribution in [0.2, 0.25) is 0 Å². The molecule has 4 amide bonds. The van der Waals surface area contributed by atoms with Crippen molar-refractivity contribution in [3.63, 3.8) is 0 Å². The van der Waals surface area contributed by atoms with E-state index >= 15 is 0 Å². The summed E-state index contributed by atoms with van der Waals surface area (Å²) >= 11 is 0. The predicted molar refractivity (Wildman–Crippen MR) is 251 cm³/mol. The molecule has 344 valence electrons. The topological polar surface area (TPSA) is 180 Å². The molecule has 3 aromatic carbocycles. The molecule has 0 spiro atoms. The number of carbonyl (C=O) groups excluding carboxylic acids is 4. The van der Waals surface area contributed by atoms with Crippen molar-refractivity contribution in [2.45, 2.75) is 96.9 Å². The number of aromatic nitrogens is 5. The highest BCUT2D eigenvalue weighted by Gasteiger charge is 2.39. The quantitative estimate of drug-likeness (QED) is 0.0947. The largest absolute Gasteiger partial charge is 0.453 e. The molecule has 3 aromatic heterocycles. The summed E-state index contributed by atoms with van der Waals surface area (Å²) in [5.41, 5.74) is 11.2. The van der Waals surface area contributed by atoms with E-state index in [1.54, 1.807) is 0 Å². The van der Waals surface area contributed by atoms with Crippen LogP contribution in [0.3, 0.4) is 0 Å². The Morgan fingerprint density at radius 1 is 0.712 bits per heavy atom. The van der Waals surface area contributed by atoms with Crippen molar-refractivity contribution in [3.8, 4) is 33.8 Å². The SMILES string of the molecule is COC(=O)NC(C(=O)N1CCC[C@H]1c1ncc(-c2ccc3c(c2)c2c(n3Cc3ccccc3)-c3ccc(-c4cnc([C@@H]5CCCN5C(=O)[C@@H](NC(=O)OC)C(C)C)[nH]4)cc3CC2)[nH]1)C(C)C. The number of carbonyl (C=O) groups is 4. The number of hydrogen-bond donors (Lipinski definition) is 4. The minimum atomic E-state index is -0.703. The fourth-order valence-electron chi connectivity index (χ4n) is 10.2. The number of H-pyrrole nitrogens is 2. The molecule has 66 heavy (non-hydrogen) atoms. The molecule has 15 nitrogen and oxygen atoms in total. The van der Waals surface area contributed by atoms with Gasteiger partial charge in [-0.2, -0.15) is 0 Å². The van der Waals surface area contributed by atoms with Crippen molar-refractivity contribution < 1.29 is 28.7 Å². The van der Waals surface area contributed by atoms with Gasteiger partial charge in [-0.15, -0.1) is 0 Å². The molecule has 4 N–H and O–H groups in total. The van der Waals surface area contributed by atoms with Crippen molar-refractivity contribution in [2.24, 2.45) is 11.8 Å². The summed E-state index contributed by atoms with van der Waals surface area (Å²) in [6.45, 7) is 9.55. The first-order chi connectivity index (χ1) is 31.9. The number of amides is 4. The number of likely N-dealkylation sites (tertiary alicyclic amines) is 2. The second kappa shape index (κ2) is 18.5. The number of imidazole rings is 2. The highest BCUT2D eigenvalue weighted by atomic mass is 16.5. The van der Waals surface area contributed by atoms with Crippen molar-refractivity contribution in [2.75, 3.05) is 27.3 Å². The Kier molecular flexibility index (Phi) is 12.4. The standard InChI is InChI=1S/C51H59N9O6/c1-29(2)43(56-50(63)65-5)48(61)58-22-10-14-41(58)46-52-26-38(54-46)33-17-19-35-32(24-33)16-20-36-37-25-34(18-21-40(37)60(45(35)36)28-31-12-8-7-9-13-31)39-27-53-47(55-39)42-15-11-23-59(42)49(62)44(30(3)4)57-51(64)66-6/h7-9,12-13,17-19,21,24-27,29-30,41-44H,10-11,14-16,20,22-23,28H2,1-6H3,(H,52,54)(H,53,55)(H,56,63)(H,57,64)/t41-,42-,43-,44?/m0/s1. The number of benzene rings is 3. The van der Waals surface area contributed by atoms with Gasteiger partial charge in [0.2, 0.25) is 11.8 Å². The van der Waals surface area contributed by atoms with Crippen LogP contribution in [-0.2, 0) is 38.4 Å². The minimum Gasteiger partial charge on any atom is -0.453 e. The zero-order chi connectivity index (χ0) is 46.2. The third kappa shape index (κ3) is 8.42. The van der Waals surface area contributed by atoms with Crippen LogP contribution in [0.15, 0.2) is 79.1 Å². The first kappa shape index (κ1) is 44.3. The third-order valence-electron chi connectivity index (χ3n) is 13.7. The van der Waals surface area contributed by atoms with Gasteiger partial charge in [-0.1, -0.05) is 76.2 Å². The molecule has 2 fully saturated rings. The van der Waals surface area contributed by atoms with Crippen molar-refractivity contribution in [3.05, 3.63) is 107 Å². The monoisotopic (exact) mass is 893 g/mol.